The van der Waals surface area contributed by atoms with Gasteiger partial charge in [-0.25, -0.2) is 0 Å². The first kappa shape index (κ1) is 17.1. The highest BCUT2D eigenvalue weighted by atomic mass is 15.7. The third kappa shape index (κ3) is 3.58. The lowest BCUT2D eigenvalue weighted by Crippen LogP contribution is -2.35. The number of hydrogen-bond donors (Lipinski definition) is 2. The summed E-state index contributed by atoms with van der Waals surface area (Å²) in [5.41, 5.74) is 10.1. The van der Waals surface area contributed by atoms with E-state index in [4.69, 9.17) is 0 Å². The Kier molecular flexibility index (Phi) is 4.47. The molecule has 140 valence electrons. The Morgan fingerprint density at radius 3 is 1.97 bits per heavy atom. The molecule has 5 aromatic carbocycles. The fraction of sp³-hybridized carbons (Fsp3) is 0. The van der Waals surface area contributed by atoms with Crippen LogP contribution < -0.4 is 16.0 Å². The second-order valence-corrected chi connectivity index (χ2v) is 6.99. The van der Waals surface area contributed by atoms with E-state index in [1.165, 1.54) is 21.5 Å². The Balaban J connectivity index is 1.57. The molecular formula is C26H21N3. The summed E-state index contributed by atoms with van der Waals surface area (Å²) in [5.74, 6) is 0. The standard InChI is InChI=1S/C26H21N3/c1-2-13-23(14-3-1)27-29(26-16-8-12-21-10-6-7-15-25(21)26)28-24-18-17-20-9-4-5-11-22(20)19-24/h1-19,27-28H. The average Bonchev–Trinajstić information content (AvgIpc) is 2.79. The van der Waals surface area contributed by atoms with Gasteiger partial charge in [0.05, 0.1) is 17.1 Å². The fourth-order valence-corrected chi connectivity index (χ4v) is 3.58. The molecule has 0 spiro atoms. The first-order valence-electron chi connectivity index (χ1n) is 9.72. The van der Waals surface area contributed by atoms with Crippen LogP contribution in [-0.4, -0.2) is 0 Å². The van der Waals surface area contributed by atoms with Crippen molar-refractivity contribution in [2.75, 3.05) is 16.0 Å². The fourth-order valence-electron chi connectivity index (χ4n) is 3.58. The number of benzene rings is 5. The summed E-state index contributed by atoms with van der Waals surface area (Å²) >= 11 is 0. The van der Waals surface area contributed by atoms with Crippen LogP contribution in [0.5, 0.6) is 0 Å². The number of rotatable bonds is 5. The quantitative estimate of drug-likeness (QED) is 0.329. The Bertz CT molecular complexity index is 1260. The predicted octanol–water partition coefficient (Wildman–Crippen LogP) is 6.85. The van der Waals surface area contributed by atoms with Crippen molar-refractivity contribution in [1.29, 1.82) is 0 Å². The first-order chi connectivity index (χ1) is 14.4. The molecule has 0 bridgehead atoms. The molecule has 0 heterocycles. The number of nitrogens with one attached hydrogen (secondary N) is 2. The van der Waals surface area contributed by atoms with E-state index in [0.717, 1.165) is 17.1 Å². The second kappa shape index (κ2) is 7.56. The molecule has 0 unspecified atom stereocenters. The van der Waals surface area contributed by atoms with Gasteiger partial charge in [-0.3, -0.25) is 10.9 Å². The van der Waals surface area contributed by atoms with E-state index < -0.39 is 0 Å². The monoisotopic (exact) mass is 375 g/mol. The highest BCUT2D eigenvalue weighted by Crippen LogP contribution is 2.28. The van der Waals surface area contributed by atoms with Crippen molar-refractivity contribution in [2.45, 2.75) is 0 Å². The predicted molar refractivity (Wildman–Crippen MR) is 124 cm³/mol. The second-order valence-electron chi connectivity index (χ2n) is 6.99. The summed E-state index contributed by atoms with van der Waals surface area (Å²) < 4.78 is 0. The zero-order chi connectivity index (χ0) is 19.5. The van der Waals surface area contributed by atoms with E-state index in [1.54, 1.807) is 0 Å². The van der Waals surface area contributed by atoms with E-state index in [0.29, 0.717) is 0 Å². The van der Waals surface area contributed by atoms with E-state index in [1.807, 2.05) is 23.3 Å². The third-order valence-electron chi connectivity index (χ3n) is 5.01. The van der Waals surface area contributed by atoms with Crippen molar-refractivity contribution in [3.63, 3.8) is 0 Å². The Labute approximate surface area is 170 Å². The summed E-state index contributed by atoms with van der Waals surface area (Å²) in [6.07, 6.45) is 0. The zero-order valence-electron chi connectivity index (χ0n) is 15.9. The van der Waals surface area contributed by atoms with Gasteiger partial charge in [0.25, 0.3) is 0 Å². The minimum atomic E-state index is 1.01. The smallest absolute Gasteiger partial charge is 0.0889 e. The Hall–Kier alpha value is -3.98. The van der Waals surface area contributed by atoms with Crippen molar-refractivity contribution in [2.24, 2.45) is 0 Å². The molecule has 0 aliphatic rings. The largest absolute Gasteiger partial charge is 0.280 e. The minimum absolute atomic E-state index is 1.01. The van der Waals surface area contributed by atoms with Crippen molar-refractivity contribution in [3.8, 4) is 0 Å². The minimum Gasteiger partial charge on any atom is -0.280 e. The molecule has 29 heavy (non-hydrogen) atoms. The molecule has 0 aliphatic carbocycles. The number of fused-ring (bicyclic) bond motifs is 2. The van der Waals surface area contributed by atoms with Crippen LogP contribution in [0.15, 0.2) is 115 Å². The zero-order valence-corrected chi connectivity index (χ0v) is 15.9. The van der Waals surface area contributed by atoms with Gasteiger partial charge in [-0.1, -0.05) is 84.9 Å². The maximum absolute atomic E-state index is 3.55. The van der Waals surface area contributed by atoms with Gasteiger partial charge in [0.2, 0.25) is 0 Å². The van der Waals surface area contributed by atoms with Crippen molar-refractivity contribution in [1.82, 2.24) is 0 Å². The number of nitrogens with zero attached hydrogens (tertiary/aromatic N) is 1. The van der Waals surface area contributed by atoms with Crippen molar-refractivity contribution >= 4 is 38.6 Å². The topological polar surface area (TPSA) is 27.3 Å². The lowest BCUT2D eigenvalue weighted by atomic mass is 10.1. The summed E-state index contributed by atoms with van der Waals surface area (Å²) in [6, 6.07) is 39.7. The number of para-hydroxylation sites is 1. The van der Waals surface area contributed by atoms with Gasteiger partial charge in [-0.05, 0) is 46.5 Å². The van der Waals surface area contributed by atoms with Crippen LogP contribution in [0.1, 0.15) is 0 Å². The van der Waals surface area contributed by atoms with Gasteiger partial charge in [0, 0.05) is 5.39 Å². The molecule has 0 saturated carbocycles. The molecule has 0 amide bonds. The van der Waals surface area contributed by atoms with E-state index in [2.05, 4.69) is 108 Å². The lowest BCUT2D eigenvalue weighted by molar-refractivity contribution is 1.07. The maximum Gasteiger partial charge on any atom is 0.0889 e. The van der Waals surface area contributed by atoms with E-state index in [-0.39, 0.29) is 0 Å². The molecular weight excluding hydrogens is 354 g/mol. The van der Waals surface area contributed by atoms with Crippen LogP contribution in [0.2, 0.25) is 0 Å². The average molecular weight is 375 g/mol. The molecule has 5 aromatic rings. The SMILES string of the molecule is c1ccc(NN(Nc2ccc3ccccc3c2)c2cccc3ccccc23)cc1. The molecule has 0 aromatic heterocycles. The summed E-state index contributed by atoms with van der Waals surface area (Å²) in [6.45, 7) is 0. The van der Waals surface area contributed by atoms with Gasteiger partial charge in [-0.15, -0.1) is 0 Å². The Morgan fingerprint density at radius 2 is 1.10 bits per heavy atom. The van der Waals surface area contributed by atoms with Crippen LogP contribution >= 0.6 is 0 Å². The number of hydrazine groups is 2. The molecule has 0 aliphatic heterocycles. The van der Waals surface area contributed by atoms with Crippen molar-refractivity contribution < 1.29 is 0 Å². The van der Waals surface area contributed by atoms with Gasteiger partial charge in [-0.2, -0.15) is 5.12 Å². The summed E-state index contributed by atoms with van der Waals surface area (Å²) in [4.78, 5) is 0. The molecule has 3 nitrogen and oxygen atoms in total. The molecule has 0 saturated heterocycles. The van der Waals surface area contributed by atoms with Crippen LogP contribution in [-0.2, 0) is 0 Å². The highest BCUT2D eigenvalue weighted by Gasteiger charge is 2.11. The van der Waals surface area contributed by atoms with Crippen LogP contribution in [0, 0.1) is 0 Å². The Morgan fingerprint density at radius 1 is 0.448 bits per heavy atom. The molecule has 0 fully saturated rings. The number of hydrogen-bond acceptors (Lipinski definition) is 3. The van der Waals surface area contributed by atoms with E-state index in [9.17, 15) is 0 Å². The van der Waals surface area contributed by atoms with Gasteiger partial charge >= 0.3 is 0 Å². The van der Waals surface area contributed by atoms with Gasteiger partial charge in [0.15, 0.2) is 0 Å². The molecule has 0 radical (unpaired) electrons. The summed E-state index contributed by atoms with van der Waals surface area (Å²) in [7, 11) is 0. The number of anilines is 3. The maximum atomic E-state index is 3.55. The van der Waals surface area contributed by atoms with E-state index >= 15 is 0 Å². The normalized spacial score (nSPS) is 10.8. The molecule has 2 N–H and O–H groups in total. The van der Waals surface area contributed by atoms with Gasteiger partial charge < -0.3 is 0 Å². The van der Waals surface area contributed by atoms with Crippen LogP contribution in [0.25, 0.3) is 21.5 Å². The summed E-state index contributed by atoms with van der Waals surface area (Å²) in [5, 5.41) is 6.79. The molecule has 0 atom stereocenters. The molecule has 3 heteroatoms. The highest BCUT2D eigenvalue weighted by molar-refractivity contribution is 5.95. The van der Waals surface area contributed by atoms with Gasteiger partial charge in [0.1, 0.15) is 0 Å². The van der Waals surface area contributed by atoms with Crippen LogP contribution in [0.3, 0.4) is 0 Å². The van der Waals surface area contributed by atoms with Crippen LogP contribution in [0.4, 0.5) is 17.1 Å². The van der Waals surface area contributed by atoms with Crippen molar-refractivity contribution in [3.05, 3.63) is 115 Å². The first-order valence-corrected chi connectivity index (χ1v) is 9.72. The molecule has 5 rings (SSSR count). The third-order valence-corrected chi connectivity index (χ3v) is 5.01. The lowest BCUT2D eigenvalue weighted by Gasteiger charge is -2.29.